The number of nitrogens with one attached hydrogen (secondary N) is 1. The summed E-state index contributed by atoms with van der Waals surface area (Å²) >= 11 is 0. The molecule has 0 fully saturated rings. The highest BCUT2D eigenvalue weighted by Crippen LogP contribution is 2.47. The molecule has 0 saturated carbocycles. The van der Waals surface area contributed by atoms with Crippen molar-refractivity contribution in [3.63, 3.8) is 0 Å². The number of aliphatic carboxylic acids is 1. The average molecular weight is 558 g/mol. The van der Waals surface area contributed by atoms with Crippen molar-refractivity contribution in [3.8, 4) is 11.1 Å². The van der Waals surface area contributed by atoms with E-state index in [1.54, 1.807) is 12.1 Å². The number of nitrogens with zero attached hydrogens (tertiary/aromatic N) is 2. The van der Waals surface area contributed by atoms with Crippen LogP contribution < -0.4 is 10.2 Å². The molecule has 0 unspecified atom stereocenters. The molecule has 2 heterocycles. The number of carbonyl (C=O) groups is 2. The van der Waals surface area contributed by atoms with Crippen molar-refractivity contribution in [3.05, 3.63) is 88.4 Å². The molecule has 1 amide bonds. The highest BCUT2D eigenvalue weighted by Gasteiger charge is 2.36. The Morgan fingerprint density at radius 3 is 2.32 bits per heavy atom. The second-order valence-corrected chi connectivity index (χ2v) is 11.8. The van der Waals surface area contributed by atoms with Crippen LogP contribution in [-0.4, -0.2) is 40.7 Å². The van der Waals surface area contributed by atoms with Gasteiger partial charge < -0.3 is 24.6 Å². The molecular formula is C33H36FN3O4. The molecule has 1 atom stereocenters. The van der Waals surface area contributed by atoms with Gasteiger partial charge in [0.05, 0.1) is 16.8 Å². The predicted octanol–water partition coefficient (Wildman–Crippen LogP) is 6.38. The predicted molar refractivity (Wildman–Crippen MR) is 159 cm³/mol. The Morgan fingerprint density at radius 1 is 1.05 bits per heavy atom. The normalized spacial score (nSPS) is 13.9. The fourth-order valence-electron chi connectivity index (χ4n) is 5.70. The van der Waals surface area contributed by atoms with Gasteiger partial charge in [0, 0.05) is 37.6 Å². The molecule has 0 radical (unpaired) electrons. The maximum atomic E-state index is 13.6. The first kappa shape index (κ1) is 28.4. The van der Waals surface area contributed by atoms with Crippen molar-refractivity contribution >= 4 is 28.5 Å². The molecule has 2 N–H and O–H groups in total. The van der Waals surface area contributed by atoms with Gasteiger partial charge in [0.25, 0.3) is 5.91 Å². The van der Waals surface area contributed by atoms with Crippen LogP contribution in [0.5, 0.6) is 0 Å². The number of halogens is 1. The lowest BCUT2D eigenvalue weighted by Gasteiger charge is -2.34. The molecule has 5 rings (SSSR count). The lowest BCUT2D eigenvalue weighted by molar-refractivity contribution is -0.160. The number of benzene rings is 3. The van der Waals surface area contributed by atoms with Crippen molar-refractivity contribution in [2.24, 2.45) is 0 Å². The highest BCUT2D eigenvalue weighted by molar-refractivity contribution is 6.11. The van der Waals surface area contributed by atoms with Gasteiger partial charge in [-0.15, -0.1) is 0 Å². The molecule has 0 spiro atoms. The van der Waals surface area contributed by atoms with E-state index in [1.807, 2.05) is 76.6 Å². The van der Waals surface area contributed by atoms with Crippen LogP contribution in [0.15, 0.2) is 54.6 Å². The molecule has 1 aromatic heterocycles. The van der Waals surface area contributed by atoms with Crippen LogP contribution in [0.25, 0.3) is 22.0 Å². The zero-order chi connectivity index (χ0) is 29.6. The molecule has 214 valence electrons. The molecule has 0 aliphatic carbocycles. The van der Waals surface area contributed by atoms with E-state index >= 15 is 0 Å². The van der Waals surface area contributed by atoms with E-state index in [4.69, 9.17) is 4.74 Å². The third-order valence-electron chi connectivity index (χ3n) is 7.56. The van der Waals surface area contributed by atoms with Gasteiger partial charge >= 0.3 is 5.97 Å². The molecular weight excluding hydrogens is 521 g/mol. The van der Waals surface area contributed by atoms with Crippen LogP contribution in [0.4, 0.5) is 10.1 Å². The van der Waals surface area contributed by atoms with Gasteiger partial charge in [-0.05, 0) is 75.1 Å². The van der Waals surface area contributed by atoms with E-state index in [0.29, 0.717) is 24.3 Å². The fraction of sp³-hybridized carbons (Fsp3) is 0.333. The number of ether oxygens (including phenoxy) is 1. The number of likely N-dealkylation sites (N-methyl/N-ethyl adjacent to an activating group) is 1. The first-order chi connectivity index (χ1) is 19.4. The second-order valence-electron chi connectivity index (χ2n) is 11.8. The van der Waals surface area contributed by atoms with Crippen LogP contribution in [-0.2, 0) is 22.6 Å². The monoisotopic (exact) mass is 557 g/mol. The molecule has 0 bridgehead atoms. The molecule has 8 heteroatoms. The summed E-state index contributed by atoms with van der Waals surface area (Å²) < 4.78 is 21.6. The number of aryl methyl sites for hydroxylation is 1. The van der Waals surface area contributed by atoms with Crippen molar-refractivity contribution in [2.75, 3.05) is 18.5 Å². The van der Waals surface area contributed by atoms with Crippen molar-refractivity contribution in [1.29, 1.82) is 0 Å². The minimum absolute atomic E-state index is 0.253. The SMILES string of the molecule is Cc1ccc(-c2c([C@H](OC(C)(C)C)C(=O)O)c(C)c3c4c2cc(C(=O)NCc2ccc(F)cc2)n4CCN3C)cc1. The van der Waals surface area contributed by atoms with E-state index in [9.17, 15) is 19.1 Å². The first-order valence-electron chi connectivity index (χ1n) is 13.8. The van der Waals surface area contributed by atoms with E-state index < -0.39 is 17.7 Å². The Labute approximate surface area is 239 Å². The zero-order valence-electron chi connectivity index (χ0n) is 24.3. The number of hydrogen-bond acceptors (Lipinski definition) is 4. The summed E-state index contributed by atoms with van der Waals surface area (Å²) in [6, 6.07) is 15.9. The van der Waals surface area contributed by atoms with Crippen LogP contribution in [0.2, 0.25) is 0 Å². The first-order valence-corrected chi connectivity index (χ1v) is 13.8. The smallest absolute Gasteiger partial charge is 0.337 e. The number of carbonyl (C=O) groups excluding carboxylic acids is 1. The molecule has 7 nitrogen and oxygen atoms in total. The summed E-state index contributed by atoms with van der Waals surface area (Å²) in [7, 11) is 1.99. The second kappa shape index (κ2) is 10.7. The number of anilines is 1. The summed E-state index contributed by atoms with van der Waals surface area (Å²) in [5.41, 5.74) is 6.43. The lowest BCUT2D eigenvalue weighted by Crippen LogP contribution is -2.33. The third kappa shape index (κ3) is 5.44. The number of carboxylic acid groups (broad SMARTS) is 1. The Hall–Kier alpha value is -4.17. The van der Waals surface area contributed by atoms with Crippen LogP contribution in [0.1, 0.15) is 59.6 Å². The van der Waals surface area contributed by atoms with E-state index in [2.05, 4.69) is 10.2 Å². The average Bonchev–Trinajstić information content (AvgIpc) is 3.29. The molecule has 1 aliphatic heterocycles. The molecule has 1 aliphatic rings. The third-order valence-corrected chi connectivity index (χ3v) is 7.56. The standard InChI is InChI=1S/C33H36FN3O4/c1-19-7-11-22(12-8-19)27-24-17-25(31(38)35-18-21-9-13-23(34)14-10-21)37-16-15-36(6)28(29(24)37)20(2)26(27)30(32(39)40)41-33(3,4)5/h7-14,17,30H,15-16,18H2,1-6H3,(H,35,38)(H,39,40)/t30-/m0/s1. The Bertz CT molecular complexity index is 1630. The molecule has 3 aromatic carbocycles. The largest absolute Gasteiger partial charge is 0.479 e. The minimum atomic E-state index is -1.22. The van der Waals surface area contributed by atoms with E-state index in [-0.39, 0.29) is 18.3 Å². The van der Waals surface area contributed by atoms with Crippen molar-refractivity contribution < 1.29 is 23.8 Å². The molecule has 0 saturated heterocycles. The Kier molecular flexibility index (Phi) is 7.38. The number of hydrogen-bond donors (Lipinski definition) is 2. The van der Waals surface area contributed by atoms with Gasteiger partial charge in [-0.1, -0.05) is 42.0 Å². The minimum Gasteiger partial charge on any atom is -0.479 e. The highest BCUT2D eigenvalue weighted by atomic mass is 19.1. The number of carboxylic acids is 1. The van der Waals surface area contributed by atoms with E-state index in [1.165, 1.54) is 12.1 Å². The van der Waals surface area contributed by atoms with Gasteiger partial charge in [0.15, 0.2) is 6.10 Å². The van der Waals surface area contributed by atoms with Gasteiger partial charge in [0.1, 0.15) is 11.5 Å². The maximum Gasteiger partial charge on any atom is 0.337 e. The summed E-state index contributed by atoms with van der Waals surface area (Å²) in [6.45, 7) is 11.0. The summed E-state index contributed by atoms with van der Waals surface area (Å²) in [6.07, 6.45) is -1.22. The Morgan fingerprint density at radius 2 is 1.71 bits per heavy atom. The van der Waals surface area contributed by atoms with Gasteiger partial charge in [-0.2, -0.15) is 0 Å². The lowest BCUT2D eigenvalue weighted by atomic mass is 9.87. The zero-order valence-corrected chi connectivity index (χ0v) is 24.3. The van der Waals surface area contributed by atoms with Crippen molar-refractivity contribution in [2.45, 2.75) is 59.4 Å². The summed E-state index contributed by atoms with van der Waals surface area (Å²) in [5, 5.41) is 14.2. The van der Waals surface area contributed by atoms with Gasteiger partial charge in [-0.25, -0.2) is 9.18 Å². The Balaban J connectivity index is 1.75. The van der Waals surface area contributed by atoms with Crippen LogP contribution in [0, 0.1) is 19.7 Å². The summed E-state index contributed by atoms with van der Waals surface area (Å²) in [4.78, 5) is 28.5. The number of rotatable bonds is 7. The summed E-state index contributed by atoms with van der Waals surface area (Å²) in [5.74, 6) is -1.65. The number of aromatic nitrogens is 1. The molecule has 41 heavy (non-hydrogen) atoms. The van der Waals surface area contributed by atoms with Gasteiger partial charge in [0.2, 0.25) is 0 Å². The topological polar surface area (TPSA) is 83.8 Å². The molecule has 4 aromatic rings. The van der Waals surface area contributed by atoms with Crippen molar-refractivity contribution in [1.82, 2.24) is 9.88 Å². The number of amides is 1. The van der Waals surface area contributed by atoms with Crippen LogP contribution >= 0.6 is 0 Å². The van der Waals surface area contributed by atoms with E-state index in [0.717, 1.165) is 44.4 Å². The van der Waals surface area contributed by atoms with Crippen LogP contribution in [0.3, 0.4) is 0 Å². The quantitative estimate of drug-likeness (QED) is 0.275. The fourth-order valence-corrected chi connectivity index (χ4v) is 5.70. The maximum absolute atomic E-state index is 13.6. The van der Waals surface area contributed by atoms with Gasteiger partial charge in [-0.3, -0.25) is 4.79 Å².